The molecular formula is C10H14BrNO3. The smallest absolute Gasteiger partial charge is 0.219 e. The first kappa shape index (κ1) is 11.1. The highest BCUT2D eigenvalue weighted by atomic mass is 79.9. The standard InChI is InChI=1S/C10H14BrNO3/c1-4-6-8-9(7(5-11)12(6)13)15-10(2,3)14-8/h4,7-9H,1,5H2,2-3H3/t7-,8-,9+/m0/s1. The summed E-state index contributed by atoms with van der Waals surface area (Å²) in [6.45, 7) is 7.35. The summed E-state index contributed by atoms with van der Waals surface area (Å²) in [5.74, 6) is -0.620. The number of rotatable bonds is 2. The third-order valence-electron chi connectivity index (χ3n) is 2.72. The first-order chi connectivity index (χ1) is 7.00. The molecule has 2 aliphatic rings. The average Bonchev–Trinajstić information content (AvgIpc) is 2.55. The number of hydrogen-bond donors (Lipinski definition) is 0. The van der Waals surface area contributed by atoms with Crippen LogP contribution < -0.4 is 0 Å². The predicted octanol–water partition coefficient (Wildman–Crippen LogP) is 1.42. The third kappa shape index (κ3) is 1.62. The van der Waals surface area contributed by atoms with Gasteiger partial charge in [0.1, 0.15) is 0 Å². The van der Waals surface area contributed by atoms with Gasteiger partial charge in [-0.05, 0) is 13.8 Å². The SMILES string of the molecule is C=CC1=[N+]([O-])[C@@H](CBr)[C@H]2OC(C)(C)O[C@@H]12. The molecule has 4 nitrogen and oxygen atoms in total. The van der Waals surface area contributed by atoms with Crippen LogP contribution in [0.4, 0.5) is 0 Å². The number of alkyl halides is 1. The molecule has 0 aromatic rings. The maximum Gasteiger partial charge on any atom is 0.219 e. The fourth-order valence-electron chi connectivity index (χ4n) is 2.11. The molecule has 15 heavy (non-hydrogen) atoms. The Balaban J connectivity index is 2.33. The molecule has 1 saturated heterocycles. The summed E-state index contributed by atoms with van der Waals surface area (Å²) in [7, 11) is 0. The van der Waals surface area contributed by atoms with Crippen molar-refractivity contribution in [3.63, 3.8) is 0 Å². The van der Waals surface area contributed by atoms with Crippen molar-refractivity contribution in [1.29, 1.82) is 0 Å². The van der Waals surface area contributed by atoms with Gasteiger partial charge in [-0.25, -0.2) is 4.74 Å². The Bertz CT molecular complexity index is 327. The van der Waals surface area contributed by atoms with Crippen LogP contribution in [0.25, 0.3) is 0 Å². The van der Waals surface area contributed by atoms with E-state index in [0.29, 0.717) is 11.0 Å². The molecule has 0 radical (unpaired) electrons. The van der Waals surface area contributed by atoms with Crippen LogP contribution in [-0.2, 0) is 9.47 Å². The van der Waals surface area contributed by atoms with Crippen molar-refractivity contribution in [3.05, 3.63) is 17.9 Å². The van der Waals surface area contributed by atoms with Crippen LogP contribution in [0.15, 0.2) is 12.7 Å². The minimum Gasteiger partial charge on any atom is -0.623 e. The third-order valence-corrected chi connectivity index (χ3v) is 3.39. The van der Waals surface area contributed by atoms with E-state index in [4.69, 9.17) is 9.47 Å². The van der Waals surface area contributed by atoms with Crippen molar-refractivity contribution in [2.24, 2.45) is 0 Å². The van der Waals surface area contributed by atoms with Crippen molar-refractivity contribution >= 4 is 21.6 Å². The summed E-state index contributed by atoms with van der Waals surface area (Å²) >= 11 is 3.32. The normalized spacial score (nSPS) is 38.2. The number of ether oxygens (including phenoxy) is 2. The Morgan fingerprint density at radius 2 is 2.27 bits per heavy atom. The number of fused-ring (bicyclic) bond motifs is 1. The summed E-state index contributed by atoms with van der Waals surface area (Å²) < 4.78 is 12.3. The summed E-state index contributed by atoms with van der Waals surface area (Å²) in [5, 5.41) is 12.4. The van der Waals surface area contributed by atoms with Gasteiger partial charge in [-0.2, -0.15) is 0 Å². The van der Waals surface area contributed by atoms with Crippen molar-refractivity contribution in [2.45, 2.75) is 37.9 Å². The van der Waals surface area contributed by atoms with Crippen LogP contribution >= 0.6 is 15.9 Å². The van der Waals surface area contributed by atoms with E-state index < -0.39 is 5.79 Å². The van der Waals surface area contributed by atoms with Crippen molar-refractivity contribution < 1.29 is 14.2 Å². The lowest BCUT2D eigenvalue weighted by Gasteiger charge is -2.20. The molecule has 2 aliphatic heterocycles. The van der Waals surface area contributed by atoms with E-state index in [1.807, 2.05) is 13.8 Å². The Hall–Kier alpha value is -0.390. The second kappa shape index (κ2) is 3.57. The van der Waals surface area contributed by atoms with Gasteiger partial charge in [0.2, 0.25) is 11.8 Å². The van der Waals surface area contributed by atoms with E-state index in [1.54, 1.807) is 6.08 Å². The second-order valence-electron chi connectivity index (χ2n) is 4.20. The van der Waals surface area contributed by atoms with Gasteiger partial charge in [-0.1, -0.05) is 22.5 Å². The van der Waals surface area contributed by atoms with Gasteiger partial charge in [-0.15, -0.1) is 0 Å². The zero-order valence-electron chi connectivity index (χ0n) is 8.77. The lowest BCUT2D eigenvalue weighted by Crippen LogP contribution is -2.35. The van der Waals surface area contributed by atoms with Crippen LogP contribution in [0.5, 0.6) is 0 Å². The van der Waals surface area contributed by atoms with E-state index in [0.717, 1.165) is 4.74 Å². The van der Waals surface area contributed by atoms with Crippen LogP contribution in [0, 0.1) is 5.21 Å². The summed E-state index contributed by atoms with van der Waals surface area (Å²) in [4.78, 5) is 0. The van der Waals surface area contributed by atoms with Crippen molar-refractivity contribution in [3.8, 4) is 0 Å². The van der Waals surface area contributed by atoms with Gasteiger partial charge >= 0.3 is 0 Å². The van der Waals surface area contributed by atoms with Crippen LogP contribution in [0.3, 0.4) is 0 Å². The molecule has 0 bridgehead atoms. The molecule has 5 heteroatoms. The molecule has 0 aliphatic carbocycles. The van der Waals surface area contributed by atoms with Gasteiger partial charge in [-0.3, -0.25) is 0 Å². The largest absolute Gasteiger partial charge is 0.623 e. The van der Waals surface area contributed by atoms with E-state index >= 15 is 0 Å². The van der Waals surface area contributed by atoms with Crippen molar-refractivity contribution in [2.75, 3.05) is 5.33 Å². The molecule has 0 unspecified atom stereocenters. The molecule has 0 spiro atoms. The highest BCUT2D eigenvalue weighted by Crippen LogP contribution is 2.35. The second-order valence-corrected chi connectivity index (χ2v) is 4.84. The maximum absolute atomic E-state index is 11.8. The molecule has 3 atom stereocenters. The number of nitrogens with zero attached hydrogens (tertiary/aromatic N) is 1. The molecule has 84 valence electrons. The minimum absolute atomic E-state index is 0.204. The summed E-state index contributed by atoms with van der Waals surface area (Å²) in [6.07, 6.45) is 1.07. The Morgan fingerprint density at radius 1 is 1.60 bits per heavy atom. The van der Waals surface area contributed by atoms with E-state index in [2.05, 4.69) is 22.5 Å². The first-order valence-corrected chi connectivity index (χ1v) is 5.99. The Kier molecular flexibility index (Phi) is 2.65. The first-order valence-electron chi connectivity index (χ1n) is 4.87. The number of hydroxylamine groups is 1. The molecule has 0 N–H and O–H groups in total. The van der Waals surface area contributed by atoms with Crippen LogP contribution in [0.2, 0.25) is 0 Å². The summed E-state index contributed by atoms with van der Waals surface area (Å²) in [5.41, 5.74) is 0.565. The Morgan fingerprint density at radius 3 is 2.80 bits per heavy atom. The highest BCUT2D eigenvalue weighted by molar-refractivity contribution is 9.09. The minimum atomic E-state index is -0.620. The van der Waals surface area contributed by atoms with Crippen LogP contribution in [0.1, 0.15) is 13.8 Å². The molecule has 0 aromatic heterocycles. The van der Waals surface area contributed by atoms with Gasteiger partial charge in [0.05, 0.1) is 5.33 Å². The van der Waals surface area contributed by atoms with E-state index in [1.165, 1.54) is 0 Å². The number of hydrogen-bond acceptors (Lipinski definition) is 3. The van der Waals surface area contributed by atoms with E-state index in [9.17, 15) is 5.21 Å². The molecule has 2 rings (SSSR count). The quantitative estimate of drug-likeness (QED) is 0.435. The fraction of sp³-hybridized carbons (Fsp3) is 0.700. The number of halogens is 1. The molecule has 0 amide bonds. The monoisotopic (exact) mass is 275 g/mol. The topological polar surface area (TPSA) is 44.5 Å². The molecule has 2 heterocycles. The van der Waals surface area contributed by atoms with Gasteiger partial charge in [0.15, 0.2) is 18.0 Å². The van der Waals surface area contributed by atoms with Gasteiger partial charge in [0.25, 0.3) is 0 Å². The van der Waals surface area contributed by atoms with Gasteiger partial charge in [0, 0.05) is 6.08 Å². The lowest BCUT2D eigenvalue weighted by molar-refractivity contribution is -0.497. The van der Waals surface area contributed by atoms with Crippen LogP contribution in [-0.4, -0.2) is 39.8 Å². The molecule has 1 fully saturated rings. The molecular weight excluding hydrogens is 262 g/mol. The lowest BCUT2D eigenvalue weighted by atomic mass is 10.1. The average molecular weight is 276 g/mol. The van der Waals surface area contributed by atoms with Gasteiger partial charge < -0.3 is 14.7 Å². The highest BCUT2D eigenvalue weighted by Gasteiger charge is 2.56. The fourth-order valence-corrected chi connectivity index (χ4v) is 2.74. The maximum atomic E-state index is 11.8. The zero-order valence-corrected chi connectivity index (χ0v) is 10.4. The molecule has 0 saturated carbocycles. The predicted molar refractivity (Wildman–Crippen MR) is 60.2 cm³/mol. The summed E-state index contributed by atoms with van der Waals surface area (Å²) in [6, 6.07) is -0.232. The zero-order chi connectivity index (χ0) is 11.2. The van der Waals surface area contributed by atoms with E-state index in [-0.39, 0.29) is 18.2 Å². The molecule has 0 aromatic carbocycles. The van der Waals surface area contributed by atoms with Crippen molar-refractivity contribution in [1.82, 2.24) is 0 Å². The Labute approximate surface area is 97.3 Å².